The first-order valence-electron chi connectivity index (χ1n) is 6.80. The van der Waals surface area contributed by atoms with Crippen molar-refractivity contribution in [1.82, 2.24) is 0 Å². The van der Waals surface area contributed by atoms with Gasteiger partial charge >= 0.3 is 11.9 Å². The van der Waals surface area contributed by atoms with Crippen molar-refractivity contribution < 1.29 is 33.8 Å². The zero-order valence-electron chi connectivity index (χ0n) is 13.6. The Morgan fingerprint density at radius 1 is 0.875 bits per heavy atom. The second-order valence-electron chi connectivity index (χ2n) is 4.91. The van der Waals surface area contributed by atoms with Gasteiger partial charge in [0.1, 0.15) is 0 Å². The van der Waals surface area contributed by atoms with E-state index in [1.54, 1.807) is 0 Å². The van der Waals surface area contributed by atoms with Crippen LogP contribution in [0.25, 0.3) is 0 Å². The van der Waals surface area contributed by atoms with Gasteiger partial charge in [0.2, 0.25) is 6.10 Å². The molecule has 7 nitrogen and oxygen atoms in total. The zero-order valence-corrected chi connectivity index (χ0v) is 13.6. The molecule has 0 spiro atoms. The summed E-state index contributed by atoms with van der Waals surface area (Å²) in [5.74, 6) is -3.75. The SMILES string of the molecule is C=CC(=O)C(O)C(OC(=O)C(=C)C)C(OC(=O)C(=C)C)C(=O)C=C. The molecule has 0 aliphatic heterocycles. The first-order chi connectivity index (χ1) is 11.1. The van der Waals surface area contributed by atoms with Gasteiger partial charge in [-0.2, -0.15) is 0 Å². The molecule has 0 aromatic carbocycles. The summed E-state index contributed by atoms with van der Waals surface area (Å²) in [6.07, 6.45) is -3.97. The van der Waals surface area contributed by atoms with Gasteiger partial charge in [-0.1, -0.05) is 26.3 Å². The minimum Gasteiger partial charge on any atom is -0.451 e. The van der Waals surface area contributed by atoms with E-state index in [-0.39, 0.29) is 11.1 Å². The summed E-state index contributed by atoms with van der Waals surface area (Å²) in [6.45, 7) is 15.8. The lowest BCUT2D eigenvalue weighted by Crippen LogP contribution is -2.50. The fraction of sp³-hybridized carbons (Fsp3) is 0.294. The fourth-order valence-corrected chi connectivity index (χ4v) is 1.42. The summed E-state index contributed by atoms with van der Waals surface area (Å²) >= 11 is 0. The van der Waals surface area contributed by atoms with E-state index in [2.05, 4.69) is 26.3 Å². The molecule has 0 fully saturated rings. The second kappa shape index (κ2) is 9.36. The Bertz CT molecular complexity index is 600. The van der Waals surface area contributed by atoms with Gasteiger partial charge in [0, 0.05) is 11.1 Å². The van der Waals surface area contributed by atoms with Gasteiger partial charge in [0.15, 0.2) is 23.8 Å². The maximum atomic E-state index is 12.0. The average molecular weight is 336 g/mol. The number of carbonyl (C=O) groups excluding carboxylic acids is 4. The van der Waals surface area contributed by atoms with E-state index in [4.69, 9.17) is 9.47 Å². The van der Waals surface area contributed by atoms with E-state index in [0.717, 1.165) is 12.2 Å². The molecule has 0 aliphatic rings. The number of esters is 2. The van der Waals surface area contributed by atoms with Crippen LogP contribution in [0.1, 0.15) is 13.8 Å². The van der Waals surface area contributed by atoms with Crippen LogP contribution in [-0.2, 0) is 28.7 Å². The predicted octanol–water partition coefficient (Wildman–Crippen LogP) is 0.833. The molecule has 0 rings (SSSR count). The lowest BCUT2D eigenvalue weighted by atomic mass is 10.00. The smallest absolute Gasteiger partial charge is 0.333 e. The van der Waals surface area contributed by atoms with Crippen LogP contribution in [0.5, 0.6) is 0 Å². The number of hydrogen-bond donors (Lipinski definition) is 1. The predicted molar refractivity (Wildman–Crippen MR) is 85.8 cm³/mol. The molecule has 24 heavy (non-hydrogen) atoms. The third-order valence-corrected chi connectivity index (χ3v) is 2.76. The molecular formula is C17H20O7. The molecule has 7 heteroatoms. The number of ether oxygens (including phenoxy) is 2. The summed E-state index contributed by atoms with van der Waals surface area (Å²) < 4.78 is 9.84. The van der Waals surface area contributed by atoms with Gasteiger partial charge in [-0.3, -0.25) is 9.59 Å². The molecule has 130 valence electrons. The minimum atomic E-state index is -1.97. The molecule has 0 aromatic rings. The quantitative estimate of drug-likeness (QED) is 0.465. The van der Waals surface area contributed by atoms with E-state index in [1.807, 2.05) is 0 Å². The fourth-order valence-electron chi connectivity index (χ4n) is 1.42. The molecule has 3 unspecified atom stereocenters. The van der Waals surface area contributed by atoms with E-state index >= 15 is 0 Å². The van der Waals surface area contributed by atoms with Gasteiger partial charge in [-0.05, 0) is 26.0 Å². The number of rotatable bonds is 10. The van der Waals surface area contributed by atoms with E-state index in [0.29, 0.717) is 0 Å². The number of aliphatic hydroxyl groups excluding tert-OH is 1. The van der Waals surface area contributed by atoms with Crippen molar-refractivity contribution in [3.63, 3.8) is 0 Å². The molecule has 0 saturated carbocycles. The van der Waals surface area contributed by atoms with Crippen molar-refractivity contribution in [1.29, 1.82) is 0 Å². The molecule has 0 aliphatic carbocycles. The van der Waals surface area contributed by atoms with Gasteiger partial charge in [-0.15, -0.1) is 0 Å². The van der Waals surface area contributed by atoms with Crippen LogP contribution in [0.2, 0.25) is 0 Å². The van der Waals surface area contributed by atoms with Crippen LogP contribution >= 0.6 is 0 Å². The molecule has 0 bridgehead atoms. The van der Waals surface area contributed by atoms with E-state index < -0.39 is 41.8 Å². The highest BCUT2D eigenvalue weighted by Gasteiger charge is 2.41. The normalized spacial score (nSPS) is 13.6. The van der Waals surface area contributed by atoms with Crippen molar-refractivity contribution >= 4 is 23.5 Å². The van der Waals surface area contributed by atoms with Crippen LogP contribution in [0.3, 0.4) is 0 Å². The van der Waals surface area contributed by atoms with E-state index in [1.165, 1.54) is 13.8 Å². The van der Waals surface area contributed by atoms with Crippen molar-refractivity contribution in [3.05, 3.63) is 49.6 Å². The maximum absolute atomic E-state index is 12.0. The Morgan fingerprint density at radius 3 is 1.67 bits per heavy atom. The van der Waals surface area contributed by atoms with Crippen molar-refractivity contribution in [3.8, 4) is 0 Å². The molecule has 3 atom stereocenters. The molecule has 0 saturated heterocycles. The largest absolute Gasteiger partial charge is 0.451 e. The molecule has 0 heterocycles. The Kier molecular flexibility index (Phi) is 8.27. The lowest BCUT2D eigenvalue weighted by Gasteiger charge is -2.28. The first-order valence-corrected chi connectivity index (χ1v) is 6.80. The van der Waals surface area contributed by atoms with Crippen molar-refractivity contribution in [2.45, 2.75) is 32.2 Å². The monoisotopic (exact) mass is 336 g/mol. The summed E-state index contributed by atoms with van der Waals surface area (Å²) in [6, 6.07) is 0. The summed E-state index contributed by atoms with van der Waals surface area (Å²) in [5, 5.41) is 10.0. The van der Waals surface area contributed by atoms with Crippen LogP contribution in [0.4, 0.5) is 0 Å². The van der Waals surface area contributed by atoms with Gasteiger partial charge in [0.25, 0.3) is 0 Å². The zero-order chi connectivity index (χ0) is 19.0. The van der Waals surface area contributed by atoms with Crippen molar-refractivity contribution in [2.24, 2.45) is 0 Å². The standard InChI is InChI=1S/C17H20O7/c1-7-11(18)13(20)15(24-17(22)10(5)6)14(12(19)8-2)23-16(21)9(3)4/h7-8,13-15,20H,1-3,5H2,4,6H3. The molecule has 0 aromatic heterocycles. The van der Waals surface area contributed by atoms with E-state index in [9.17, 15) is 24.3 Å². The highest BCUT2D eigenvalue weighted by molar-refractivity contribution is 5.99. The van der Waals surface area contributed by atoms with Crippen LogP contribution in [-0.4, -0.2) is 46.9 Å². The Hall–Kier alpha value is -2.80. The van der Waals surface area contributed by atoms with Crippen LogP contribution in [0.15, 0.2) is 49.6 Å². The number of hydrogen-bond acceptors (Lipinski definition) is 7. The summed E-state index contributed by atoms with van der Waals surface area (Å²) in [4.78, 5) is 47.1. The molecule has 1 N–H and O–H groups in total. The van der Waals surface area contributed by atoms with Gasteiger partial charge in [-0.25, -0.2) is 9.59 Å². The Morgan fingerprint density at radius 2 is 1.29 bits per heavy atom. The number of ketones is 2. The van der Waals surface area contributed by atoms with Gasteiger partial charge < -0.3 is 14.6 Å². The average Bonchev–Trinajstić information content (AvgIpc) is 2.54. The highest BCUT2D eigenvalue weighted by atomic mass is 16.6. The van der Waals surface area contributed by atoms with Crippen molar-refractivity contribution in [2.75, 3.05) is 0 Å². The third kappa shape index (κ3) is 5.77. The Balaban J connectivity index is 5.85. The highest BCUT2D eigenvalue weighted by Crippen LogP contribution is 2.16. The number of aliphatic hydroxyl groups is 1. The van der Waals surface area contributed by atoms with Crippen LogP contribution < -0.4 is 0 Å². The molecule has 0 amide bonds. The Labute approximate surface area is 139 Å². The third-order valence-electron chi connectivity index (χ3n) is 2.76. The first kappa shape index (κ1) is 21.2. The minimum absolute atomic E-state index is 0.0358. The molecule has 0 radical (unpaired) electrons. The van der Waals surface area contributed by atoms with Gasteiger partial charge in [0.05, 0.1) is 0 Å². The van der Waals surface area contributed by atoms with Crippen LogP contribution in [0, 0.1) is 0 Å². The second-order valence-corrected chi connectivity index (χ2v) is 4.91. The number of carbonyl (C=O) groups is 4. The summed E-state index contributed by atoms with van der Waals surface area (Å²) in [7, 11) is 0. The summed E-state index contributed by atoms with van der Waals surface area (Å²) in [5.41, 5.74) is -0.0827. The topological polar surface area (TPSA) is 107 Å². The lowest BCUT2D eigenvalue weighted by molar-refractivity contribution is -0.175. The maximum Gasteiger partial charge on any atom is 0.333 e. The molecular weight excluding hydrogens is 316 g/mol.